The van der Waals surface area contributed by atoms with Crippen molar-refractivity contribution in [1.29, 1.82) is 0 Å². The summed E-state index contributed by atoms with van der Waals surface area (Å²) in [5.41, 5.74) is 1.17. The molecule has 2 aliphatic rings. The third-order valence-corrected chi connectivity index (χ3v) is 5.28. The van der Waals surface area contributed by atoms with Crippen LogP contribution in [0.5, 0.6) is 5.75 Å². The lowest BCUT2D eigenvalue weighted by atomic mass is 10.1. The highest BCUT2D eigenvalue weighted by molar-refractivity contribution is 5.92. The minimum atomic E-state index is -0.0521. The summed E-state index contributed by atoms with van der Waals surface area (Å²) in [7, 11) is 2.14. The van der Waals surface area contributed by atoms with Crippen molar-refractivity contribution in [2.45, 2.75) is 19.6 Å². The quantitative estimate of drug-likeness (QED) is 0.809. The van der Waals surface area contributed by atoms with Gasteiger partial charge in [-0.1, -0.05) is 12.1 Å². The highest BCUT2D eigenvalue weighted by Crippen LogP contribution is 2.22. The van der Waals surface area contributed by atoms with E-state index in [-0.39, 0.29) is 12.0 Å². The van der Waals surface area contributed by atoms with Gasteiger partial charge in [0.1, 0.15) is 17.6 Å². The van der Waals surface area contributed by atoms with Crippen LogP contribution < -0.4 is 4.74 Å². The van der Waals surface area contributed by atoms with Crippen LogP contribution in [-0.4, -0.2) is 73.0 Å². The number of likely N-dealkylation sites (tertiary alicyclic amines) is 1. The minimum Gasteiger partial charge on any atom is -0.487 e. The Balaban J connectivity index is 1.26. The molecule has 0 spiro atoms. The van der Waals surface area contributed by atoms with Crippen LogP contribution in [0.3, 0.4) is 0 Å². The summed E-state index contributed by atoms with van der Waals surface area (Å²) in [6.45, 7) is 8.21. The van der Waals surface area contributed by atoms with Gasteiger partial charge in [-0.2, -0.15) is 0 Å². The zero-order valence-corrected chi connectivity index (χ0v) is 16.1. The Kier molecular flexibility index (Phi) is 5.18. The number of carbonyl (C=O) groups is 1. The molecule has 0 aliphatic carbocycles. The summed E-state index contributed by atoms with van der Waals surface area (Å²) in [4.78, 5) is 19.1. The number of nitrogens with zero attached hydrogens (tertiary/aromatic N) is 3. The Morgan fingerprint density at radius 3 is 2.67 bits per heavy atom. The Morgan fingerprint density at radius 1 is 1.15 bits per heavy atom. The zero-order valence-electron chi connectivity index (χ0n) is 16.1. The molecule has 0 saturated carbocycles. The van der Waals surface area contributed by atoms with E-state index in [0.29, 0.717) is 18.8 Å². The number of amides is 1. The fourth-order valence-corrected chi connectivity index (χ4v) is 3.52. The maximum Gasteiger partial charge on any atom is 0.289 e. The van der Waals surface area contributed by atoms with E-state index in [2.05, 4.69) is 16.8 Å². The van der Waals surface area contributed by atoms with E-state index in [0.717, 1.165) is 44.2 Å². The van der Waals surface area contributed by atoms with Crippen LogP contribution in [0.25, 0.3) is 0 Å². The fourth-order valence-electron chi connectivity index (χ4n) is 3.52. The molecule has 2 saturated heterocycles. The average molecular weight is 369 g/mol. The van der Waals surface area contributed by atoms with Gasteiger partial charge in [-0.3, -0.25) is 9.69 Å². The van der Waals surface area contributed by atoms with Gasteiger partial charge in [-0.25, -0.2) is 0 Å². The molecule has 27 heavy (non-hydrogen) atoms. The van der Waals surface area contributed by atoms with Crippen molar-refractivity contribution < 1.29 is 13.9 Å². The lowest BCUT2D eigenvalue weighted by molar-refractivity contribution is 0.0153. The predicted molar refractivity (Wildman–Crippen MR) is 103 cm³/mol. The number of likely N-dealkylation sites (N-methyl/N-ethyl adjacent to an activating group) is 1. The molecular weight excluding hydrogens is 342 g/mol. The highest BCUT2D eigenvalue weighted by Gasteiger charge is 2.34. The predicted octanol–water partition coefficient (Wildman–Crippen LogP) is 2.24. The first-order chi connectivity index (χ1) is 13.1. The van der Waals surface area contributed by atoms with Gasteiger partial charge < -0.3 is 19.0 Å². The Labute approximate surface area is 160 Å². The van der Waals surface area contributed by atoms with Crippen molar-refractivity contribution in [3.8, 4) is 5.75 Å². The first-order valence-corrected chi connectivity index (χ1v) is 9.59. The first-order valence-electron chi connectivity index (χ1n) is 9.59. The number of ether oxygens (including phenoxy) is 1. The van der Waals surface area contributed by atoms with Crippen LogP contribution >= 0.6 is 0 Å². The van der Waals surface area contributed by atoms with Gasteiger partial charge in [0.2, 0.25) is 0 Å². The van der Waals surface area contributed by atoms with Crippen molar-refractivity contribution in [3.05, 3.63) is 53.5 Å². The number of hydrogen-bond donors (Lipinski definition) is 0. The van der Waals surface area contributed by atoms with Crippen molar-refractivity contribution in [2.75, 3.05) is 46.3 Å². The van der Waals surface area contributed by atoms with Gasteiger partial charge in [0.15, 0.2) is 5.76 Å². The highest BCUT2D eigenvalue weighted by atomic mass is 16.5. The summed E-state index contributed by atoms with van der Waals surface area (Å²) < 4.78 is 11.7. The second-order valence-electron chi connectivity index (χ2n) is 7.61. The van der Waals surface area contributed by atoms with Gasteiger partial charge in [0, 0.05) is 26.2 Å². The molecule has 144 valence electrons. The number of benzene rings is 1. The summed E-state index contributed by atoms with van der Waals surface area (Å²) in [6.07, 6.45) is 0.0514. The molecule has 1 aromatic heterocycles. The first kappa shape index (κ1) is 18.1. The van der Waals surface area contributed by atoms with Crippen molar-refractivity contribution in [2.24, 2.45) is 0 Å². The molecule has 6 nitrogen and oxygen atoms in total. The standard InChI is InChI=1S/C21H27N3O3/c1-16-4-3-5-17(12-16)26-19-14-24(15-19)21(25)20-7-6-18(27-20)13-23-10-8-22(2)9-11-23/h3-7,12,19H,8-11,13-15H2,1-2H3. The smallest absolute Gasteiger partial charge is 0.289 e. The lowest BCUT2D eigenvalue weighted by Crippen LogP contribution is -2.56. The van der Waals surface area contributed by atoms with E-state index in [1.54, 1.807) is 11.0 Å². The summed E-state index contributed by atoms with van der Waals surface area (Å²) >= 11 is 0. The van der Waals surface area contributed by atoms with Gasteiger partial charge >= 0.3 is 0 Å². The molecule has 0 bridgehead atoms. The third-order valence-electron chi connectivity index (χ3n) is 5.28. The third kappa shape index (κ3) is 4.34. The van der Waals surface area contributed by atoms with E-state index in [1.807, 2.05) is 37.3 Å². The maximum absolute atomic E-state index is 12.6. The molecule has 1 amide bonds. The molecular formula is C21H27N3O3. The number of furan rings is 1. The molecule has 2 fully saturated rings. The Morgan fingerprint density at radius 2 is 1.93 bits per heavy atom. The second kappa shape index (κ2) is 7.74. The molecule has 0 atom stereocenters. The van der Waals surface area contributed by atoms with Crippen molar-refractivity contribution in [1.82, 2.24) is 14.7 Å². The van der Waals surface area contributed by atoms with Crippen molar-refractivity contribution in [3.63, 3.8) is 0 Å². The zero-order chi connectivity index (χ0) is 18.8. The molecule has 2 aliphatic heterocycles. The van der Waals surface area contributed by atoms with Crippen LogP contribution in [0.2, 0.25) is 0 Å². The molecule has 6 heteroatoms. The second-order valence-corrected chi connectivity index (χ2v) is 7.61. The average Bonchev–Trinajstić information content (AvgIpc) is 3.08. The van der Waals surface area contributed by atoms with Crippen LogP contribution in [0.4, 0.5) is 0 Å². The molecule has 0 radical (unpaired) electrons. The largest absolute Gasteiger partial charge is 0.487 e. The lowest BCUT2D eigenvalue weighted by Gasteiger charge is -2.38. The monoisotopic (exact) mass is 369 g/mol. The van der Waals surface area contributed by atoms with E-state index in [1.165, 1.54) is 5.56 Å². The normalized spacial score (nSPS) is 19.1. The van der Waals surface area contributed by atoms with Gasteiger partial charge in [0.05, 0.1) is 19.6 Å². The topological polar surface area (TPSA) is 49.2 Å². The molecule has 3 heterocycles. The number of piperazine rings is 1. The summed E-state index contributed by atoms with van der Waals surface area (Å²) in [6, 6.07) is 11.7. The van der Waals surface area contributed by atoms with Gasteiger partial charge in [-0.05, 0) is 43.8 Å². The Hall–Kier alpha value is -2.31. The molecule has 0 N–H and O–H groups in total. The number of rotatable bonds is 5. The van der Waals surface area contributed by atoms with Crippen LogP contribution in [0.15, 0.2) is 40.8 Å². The van der Waals surface area contributed by atoms with Gasteiger partial charge in [-0.15, -0.1) is 0 Å². The van der Waals surface area contributed by atoms with E-state index in [9.17, 15) is 4.79 Å². The molecule has 4 rings (SSSR count). The van der Waals surface area contributed by atoms with E-state index in [4.69, 9.17) is 9.15 Å². The summed E-state index contributed by atoms with van der Waals surface area (Å²) in [5, 5.41) is 0. The van der Waals surface area contributed by atoms with Gasteiger partial charge in [0.25, 0.3) is 5.91 Å². The number of aryl methyl sites for hydroxylation is 1. The SMILES string of the molecule is Cc1cccc(OC2CN(C(=O)c3ccc(CN4CCN(C)CC4)o3)C2)c1. The fraction of sp³-hybridized carbons (Fsp3) is 0.476. The van der Waals surface area contributed by atoms with E-state index < -0.39 is 0 Å². The van der Waals surface area contributed by atoms with E-state index >= 15 is 0 Å². The molecule has 2 aromatic rings. The Bertz CT molecular complexity index is 789. The molecule has 1 aromatic carbocycles. The minimum absolute atomic E-state index is 0.0514. The number of carbonyl (C=O) groups excluding carboxylic acids is 1. The van der Waals surface area contributed by atoms with Crippen molar-refractivity contribution >= 4 is 5.91 Å². The molecule has 0 unspecified atom stereocenters. The van der Waals surface area contributed by atoms with Crippen LogP contribution in [0, 0.1) is 6.92 Å². The van der Waals surface area contributed by atoms with Crippen LogP contribution in [-0.2, 0) is 6.54 Å². The number of hydrogen-bond acceptors (Lipinski definition) is 5. The van der Waals surface area contributed by atoms with Crippen LogP contribution in [0.1, 0.15) is 21.9 Å². The maximum atomic E-state index is 12.6. The summed E-state index contributed by atoms with van der Waals surface area (Å²) in [5.74, 6) is 2.09.